The number of likely N-dealkylation sites (tertiary alicyclic amines) is 1. The van der Waals surface area contributed by atoms with E-state index < -0.39 is 17.7 Å². The summed E-state index contributed by atoms with van der Waals surface area (Å²) in [4.78, 5) is 26.2. The molecule has 132 valence electrons. The van der Waals surface area contributed by atoms with E-state index in [0.717, 1.165) is 32.1 Å². The highest BCUT2D eigenvalue weighted by atomic mass is 16.6. The number of aliphatic hydroxyl groups is 1. The van der Waals surface area contributed by atoms with Crippen LogP contribution in [0.25, 0.3) is 0 Å². The van der Waals surface area contributed by atoms with Gasteiger partial charge in [-0.15, -0.1) is 0 Å². The third-order valence-corrected chi connectivity index (χ3v) is 4.86. The number of amides is 1. The molecule has 0 radical (unpaired) electrons. The van der Waals surface area contributed by atoms with Gasteiger partial charge in [0.1, 0.15) is 11.6 Å². The van der Waals surface area contributed by atoms with E-state index in [2.05, 4.69) is 0 Å². The van der Waals surface area contributed by atoms with E-state index in [9.17, 15) is 14.7 Å². The average Bonchev–Trinajstić information content (AvgIpc) is 2.90. The van der Waals surface area contributed by atoms with E-state index >= 15 is 0 Å². The Hall–Kier alpha value is -1.30. The standard InChI is InChI=1S/C17H29NO5/c1-17(2,3)23-16(21)18-10-9-13(14(18)15(20)22-4)11-5-7-12(19)8-6-11/h11-14,19H,5-10H2,1-4H3/t11?,12?,13-,14-/m0/s1. The monoisotopic (exact) mass is 327 g/mol. The van der Waals surface area contributed by atoms with Crippen LogP contribution in [0.3, 0.4) is 0 Å². The molecule has 1 heterocycles. The van der Waals surface area contributed by atoms with Crippen molar-refractivity contribution in [1.82, 2.24) is 4.90 Å². The maximum absolute atomic E-state index is 12.4. The molecule has 0 unspecified atom stereocenters. The fourth-order valence-electron chi connectivity index (χ4n) is 3.79. The summed E-state index contributed by atoms with van der Waals surface area (Å²) in [6.45, 7) is 5.95. The van der Waals surface area contributed by atoms with Crippen LogP contribution in [0.4, 0.5) is 4.79 Å². The molecule has 23 heavy (non-hydrogen) atoms. The number of methoxy groups -OCH3 is 1. The van der Waals surface area contributed by atoms with Gasteiger partial charge in [0.25, 0.3) is 0 Å². The normalized spacial score (nSPS) is 31.8. The zero-order valence-corrected chi connectivity index (χ0v) is 14.6. The van der Waals surface area contributed by atoms with E-state index in [0.29, 0.717) is 12.5 Å². The quantitative estimate of drug-likeness (QED) is 0.788. The van der Waals surface area contributed by atoms with Crippen LogP contribution in [0.1, 0.15) is 52.9 Å². The summed E-state index contributed by atoms with van der Waals surface area (Å²) in [5.74, 6) is 0.0573. The molecule has 1 N–H and O–H groups in total. The number of rotatable bonds is 2. The minimum atomic E-state index is -0.592. The fraction of sp³-hybridized carbons (Fsp3) is 0.882. The molecule has 0 bridgehead atoms. The van der Waals surface area contributed by atoms with E-state index in [4.69, 9.17) is 9.47 Å². The molecule has 6 nitrogen and oxygen atoms in total. The van der Waals surface area contributed by atoms with Gasteiger partial charge >= 0.3 is 12.1 Å². The molecule has 0 spiro atoms. The van der Waals surface area contributed by atoms with Gasteiger partial charge in [-0.2, -0.15) is 0 Å². The second-order valence-corrected chi connectivity index (χ2v) is 7.66. The lowest BCUT2D eigenvalue weighted by Crippen LogP contribution is -2.47. The Bertz CT molecular complexity index is 437. The van der Waals surface area contributed by atoms with Gasteiger partial charge in [0.2, 0.25) is 0 Å². The van der Waals surface area contributed by atoms with Gasteiger partial charge in [-0.1, -0.05) is 0 Å². The fourth-order valence-corrected chi connectivity index (χ4v) is 3.79. The SMILES string of the molecule is COC(=O)[C@@H]1[C@H](C2CCC(O)CC2)CCN1C(=O)OC(C)(C)C. The van der Waals surface area contributed by atoms with Crippen molar-refractivity contribution >= 4 is 12.1 Å². The van der Waals surface area contributed by atoms with Crippen LogP contribution in [-0.2, 0) is 14.3 Å². The summed E-state index contributed by atoms with van der Waals surface area (Å²) in [6.07, 6.45) is 3.41. The molecule has 0 aromatic rings. The van der Waals surface area contributed by atoms with Crippen LogP contribution in [0.5, 0.6) is 0 Å². The number of nitrogens with zero attached hydrogens (tertiary/aromatic N) is 1. The van der Waals surface area contributed by atoms with Crippen molar-refractivity contribution in [3.63, 3.8) is 0 Å². The Morgan fingerprint density at radius 1 is 1.09 bits per heavy atom. The lowest BCUT2D eigenvalue weighted by atomic mass is 9.76. The number of esters is 1. The van der Waals surface area contributed by atoms with Crippen molar-refractivity contribution < 1.29 is 24.2 Å². The van der Waals surface area contributed by atoms with Crippen molar-refractivity contribution in [3.8, 4) is 0 Å². The highest BCUT2D eigenvalue weighted by Crippen LogP contribution is 2.39. The Labute approximate surface area is 138 Å². The number of carbonyl (C=O) groups excluding carboxylic acids is 2. The lowest BCUT2D eigenvalue weighted by Gasteiger charge is -2.34. The van der Waals surface area contributed by atoms with Gasteiger partial charge in [-0.25, -0.2) is 9.59 Å². The molecule has 0 aromatic carbocycles. The summed E-state index contributed by atoms with van der Waals surface area (Å²) in [5, 5.41) is 9.68. The molecule has 1 saturated heterocycles. The van der Waals surface area contributed by atoms with E-state index in [1.165, 1.54) is 12.0 Å². The number of hydrogen-bond acceptors (Lipinski definition) is 5. The summed E-state index contributed by atoms with van der Waals surface area (Å²) in [6, 6.07) is -0.574. The lowest BCUT2D eigenvalue weighted by molar-refractivity contribution is -0.148. The third kappa shape index (κ3) is 4.37. The van der Waals surface area contributed by atoms with Gasteiger partial charge in [0.05, 0.1) is 13.2 Å². The molecular weight excluding hydrogens is 298 g/mol. The number of aliphatic hydroxyl groups excluding tert-OH is 1. The molecule has 1 amide bonds. The molecule has 0 aromatic heterocycles. The minimum absolute atomic E-state index is 0.0856. The summed E-state index contributed by atoms with van der Waals surface area (Å²) in [5.41, 5.74) is -0.592. The largest absolute Gasteiger partial charge is 0.467 e. The maximum Gasteiger partial charge on any atom is 0.411 e. The van der Waals surface area contributed by atoms with Crippen LogP contribution in [0, 0.1) is 11.8 Å². The van der Waals surface area contributed by atoms with Gasteiger partial charge in [0.15, 0.2) is 0 Å². The molecule has 2 aliphatic rings. The van der Waals surface area contributed by atoms with Gasteiger partial charge in [-0.05, 0) is 64.7 Å². The van der Waals surface area contributed by atoms with Crippen molar-refractivity contribution in [2.24, 2.45) is 11.8 Å². The van der Waals surface area contributed by atoms with Crippen LogP contribution >= 0.6 is 0 Å². The van der Waals surface area contributed by atoms with Gasteiger partial charge in [-0.3, -0.25) is 4.90 Å². The van der Waals surface area contributed by atoms with Crippen molar-refractivity contribution in [3.05, 3.63) is 0 Å². The zero-order valence-electron chi connectivity index (χ0n) is 14.6. The van der Waals surface area contributed by atoms with Crippen molar-refractivity contribution in [2.75, 3.05) is 13.7 Å². The van der Waals surface area contributed by atoms with Crippen LogP contribution in [0.15, 0.2) is 0 Å². The van der Waals surface area contributed by atoms with E-state index in [1.54, 1.807) is 0 Å². The average molecular weight is 327 g/mol. The Morgan fingerprint density at radius 3 is 2.22 bits per heavy atom. The number of hydrogen-bond donors (Lipinski definition) is 1. The second kappa shape index (κ2) is 7.07. The summed E-state index contributed by atoms with van der Waals surface area (Å²) < 4.78 is 10.4. The molecule has 1 aliphatic heterocycles. The topological polar surface area (TPSA) is 76.1 Å². The molecule has 1 saturated carbocycles. The smallest absolute Gasteiger partial charge is 0.411 e. The predicted octanol–water partition coefficient (Wildman–Crippen LogP) is 2.34. The second-order valence-electron chi connectivity index (χ2n) is 7.66. The van der Waals surface area contributed by atoms with Gasteiger partial charge < -0.3 is 14.6 Å². The Morgan fingerprint density at radius 2 is 1.70 bits per heavy atom. The van der Waals surface area contributed by atoms with Crippen LogP contribution in [0.2, 0.25) is 0 Å². The summed E-state index contributed by atoms with van der Waals surface area (Å²) >= 11 is 0. The van der Waals surface area contributed by atoms with Crippen molar-refractivity contribution in [2.45, 2.75) is 70.6 Å². The third-order valence-electron chi connectivity index (χ3n) is 4.86. The van der Waals surface area contributed by atoms with E-state index in [1.807, 2.05) is 20.8 Å². The highest BCUT2D eigenvalue weighted by Gasteiger charge is 2.47. The molecule has 2 atom stereocenters. The first-order valence-corrected chi connectivity index (χ1v) is 8.48. The molecule has 1 aliphatic carbocycles. The molecule has 2 fully saturated rings. The highest BCUT2D eigenvalue weighted by molar-refractivity contribution is 5.82. The molecular formula is C17H29NO5. The first-order chi connectivity index (χ1) is 10.7. The first-order valence-electron chi connectivity index (χ1n) is 8.48. The van der Waals surface area contributed by atoms with Crippen LogP contribution in [-0.4, -0.2) is 53.5 Å². The summed E-state index contributed by atoms with van der Waals surface area (Å²) in [7, 11) is 1.36. The van der Waals surface area contributed by atoms with Crippen molar-refractivity contribution in [1.29, 1.82) is 0 Å². The predicted molar refractivity (Wildman–Crippen MR) is 84.8 cm³/mol. The Kier molecular flexibility index (Phi) is 5.55. The van der Waals surface area contributed by atoms with Gasteiger partial charge in [0, 0.05) is 6.54 Å². The molecule has 6 heteroatoms. The minimum Gasteiger partial charge on any atom is -0.467 e. The first kappa shape index (κ1) is 18.0. The zero-order chi connectivity index (χ0) is 17.2. The van der Waals surface area contributed by atoms with Crippen LogP contribution < -0.4 is 0 Å². The number of ether oxygens (including phenoxy) is 2. The van der Waals surface area contributed by atoms with E-state index in [-0.39, 0.29) is 18.0 Å². The maximum atomic E-state index is 12.4. The number of carbonyl (C=O) groups is 2. The Balaban J connectivity index is 2.12. The molecule has 2 rings (SSSR count).